The van der Waals surface area contributed by atoms with Crippen LogP contribution in [0.5, 0.6) is 0 Å². The number of allylic oxidation sites excluding steroid dienone is 4. The summed E-state index contributed by atoms with van der Waals surface area (Å²) in [4.78, 5) is 3.45. The summed E-state index contributed by atoms with van der Waals surface area (Å²) >= 11 is 1.79. The number of anilines is 1. The highest BCUT2D eigenvalue weighted by atomic mass is 32.2. The van der Waals surface area contributed by atoms with Crippen molar-refractivity contribution < 1.29 is 0 Å². The predicted molar refractivity (Wildman–Crippen MR) is 94.0 cm³/mol. The Hall–Kier alpha value is -1.41. The fourth-order valence-corrected chi connectivity index (χ4v) is 2.44. The lowest BCUT2D eigenvalue weighted by molar-refractivity contribution is 1.08. The van der Waals surface area contributed by atoms with E-state index < -0.39 is 0 Å². The first-order valence-electron chi connectivity index (χ1n) is 6.85. The Labute approximate surface area is 128 Å². The van der Waals surface area contributed by atoms with Crippen molar-refractivity contribution >= 4 is 17.4 Å². The molecule has 0 atom stereocenters. The Morgan fingerprint density at radius 2 is 1.85 bits per heavy atom. The van der Waals surface area contributed by atoms with E-state index in [9.17, 15) is 0 Å². The van der Waals surface area contributed by atoms with Gasteiger partial charge in [-0.2, -0.15) is 0 Å². The van der Waals surface area contributed by atoms with Gasteiger partial charge < -0.3 is 4.90 Å². The van der Waals surface area contributed by atoms with E-state index in [0.29, 0.717) is 0 Å². The van der Waals surface area contributed by atoms with E-state index in [1.165, 1.54) is 16.1 Å². The molecule has 108 valence electrons. The quantitative estimate of drug-likeness (QED) is 0.507. The van der Waals surface area contributed by atoms with Crippen molar-refractivity contribution in [2.24, 2.45) is 0 Å². The molecule has 0 aliphatic rings. The second-order valence-corrected chi connectivity index (χ2v) is 5.92. The molecule has 2 heteroatoms. The van der Waals surface area contributed by atoms with Crippen molar-refractivity contribution in [3.05, 3.63) is 60.2 Å². The standard InChI is InChI=1S/C18H25NS/c1-7-14(2)8-9-15(3)12-16-13-17(19(4)5)10-11-18(16)20-6/h8-11,13H,2-3,7,12H2,1,4-6H3/b9-8-. The van der Waals surface area contributed by atoms with Gasteiger partial charge in [0.05, 0.1) is 0 Å². The molecule has 0 fully saturated rings. The Bertz CT molecular complexity index is 512. The van der Waals surface area contributed by atoms with Gasteiger partial charge in [0.15, 0.2) is 0 Å². The molecule has 1 rings (SSSR count). The van der Waals surface area contributed by atoms with Gasteiger partial charge in [0.1, 0.15) is 0 Å². The van der Waals surface area contributed by atoms with Gasteiger partial charge in [-0.1, -0.05) is 43.4 Å². The predicted octanol–water partition coefficient (Wildman–Crippen LogP) is 5.10. The molecular weight excluding hydrogens is 262 g/mol. The SMILES string of the molecule is C=C(/C=C\C(=C)Cc1cc(N(C)C)ccc1SC)CC. The summed E-state index contributed by atoms with van der Waals surface area (Å²) in [5.41, 5.74) is 4.82. The van der Waals surface area contributed by atoms with Crippen LogP contribution in [0, 0.1) is 0 Å². The van der Waals surface area contributed by atoms with Crippen LogP contribution >= 0.6 is 11.8 Å². The number of rotatable bonds is 7. The third kappa shape index (κ3) is 4.93. The van der Waals surface area contributed by atoms with Crippen molar-refractivity contribution in [1.29, 1.82) is 0 Å². The highest BCUT2D eigenvalue weighted by Crippen LogP contribution is 2.27. The van der Waals surface area contributed by atoms with E-state index >= 15 is 0 Å². The Morgan fingerprint density at radius 3 is 2.40 bits per heavy atom. The molecule has 0 bridgehead atoms. The van der Waals surface area contributed by atoms with Crippen molar-refractivity contribution in [2.75, 3.05) is 25.3 Å². The first kappa shape index (κ1) is 16.6. The second kappa shape index (κ2) is 8.01. The molecule has 0 aliphatic carbocycles. The summed E-state index contributed by atoms with van der Waals surface area (Å²) in [7, 11) is 4.13. The minimum absolute atomic E-state index is 0.880. The van der Waals surface area contributed by atoms with E-state index in [2.05, 4.69) is 75.7 Å². The smallest absolute Gasteiger partial charge is 0.0364 e. The largest absolute Gasteiger partial charge is 0.378 e. The van der Waals surface area contributed by atoms with Crippen molar-refractivity contribution in [1.82, 2.24) is 0 Å². The third-order valence-corrected chi connectivity index (χ3v) is 4.04. The molecule has 0 amide bonds. The topological polar surface area (TPSA) is 3.24 Å². The van der Waals surface area contributed by atoms with Crippen LogP contribution in [0.25, 0.3) is 0 Å². The highest BCUT2D eigenvalue weighted by molar-refractivity contribution is 7.98. The molecule has 0 aromatic heterocycles. The zero-order valence-corrected chi connectivity index (χ0v) is 13.9. The lowest BCUT2D eigenvalue weighted by atomic mass is 10.0. The van der Waals surface area contributed by atoms with E-state index in [1.807, 2.05) is 0 Å². The second-order valence-electron chi connectivity index (χ2n) is 5.07. The fraction of sp³-hybridized carbons (Fsp3) is 0.333. The first-order chi connectivity index (χ1) is 9.47. The van der Waals surface area contributed by atoms with Crippen LogP contribution in [-0.4, -0.2) is 20.4 Å². The number of benzene rings is 1. The normalized spacial score (nSPS) is 10.8. The Morgan fingerprint density at radius 1 is 1.20 bits per heavy atom. The van der Waals surface area contributed by atoms with Crippen molar-refractivity contribution in [2.45, 2.75) is 24.7 Å². The molecule has 0 N–H and O–H groups in total. The monoisotopic (exact) mass is 287 g/mol. The molecule has 0 radical (unpaired) electrons. The van der Waals surface area contributed by atoms with Gasteiger partial charge in [0, 0.05) is 24.7 Å². The van der Waals surface area contributed by atoms with E-state index in [0.717, 1.165) is 24.0 Å². The molecule has 0 unspecified atom stereocenters. The average Bonchev–Trinajstić information content (AvgIpc) is 2.44. The summed E-state index contributed by atoms with van der Waals surface area (Å²) in [6, 6.07) is 6.60. The zero-order chi connectivity index (χ0) is 15.1. The number of hydrogen-bond acceptors (Lipinski definition) is 2. The minimum atomic E-state index is 0.880. The van der Waals surface area contributed by atoms with E-state index in [-0.39, 0.29) is 0 Å². The summed E-state index contributed by atoms with van der Waals surface area (Å²) < 4.78 is 0. The molecule has 0 spiro atoms. The van der Waals surface area contributed by atoms with Gasteiger partial charge >= 0.3 is 0 Å². The van der Waals surface area contributed by atoms with Gasteiger partial charge in [0.25, 0.3) is 0 Å². The van der Waals surface area contributed by atoms with E-state index in [4.69, 9.17) is 0 Å². The third-order valence-electron chi connectivity index (χ3n) is 3.21. The molecule has 20 heavy (non-hydrogen) atoms. The molecule has 1 aromatic carbocycles. The van der Waals surface area contributed by atoms with Gasteiger partial charge in [-0.3, -0.25) is 0 Å². The van der Waals surface area contributed by atoms with Gasteiger partial charge in [0.2, 0.25) is 0 Å². The van der Waals surface area contributed by atoms with Gasteiger partial charge in [-0.25, -0.2) is 0 Å². The van der Waals surface area contributed by atoms with Crippen LogP contribution in [0.3, 0.4) is 0 Å². The number of hydrogen-bond donors (Lipinski definition) is 0. The lowest BCUT2D eigenvalue weighted by Gasteiger charge is -2.16. The molecular formula is C18H25NS. The number of nitrogens with zero attached hydrogens (tertiary/aromatic N) is 1. The molecule has 0 saturated heterocycles. The summed E-state index contributed by atoms with van der Waals surface area (Å²) in [5.74, 6) is 0. The maximum absolute atomic E-state index is 4.16. The molecule has 0 aliphatic heterocycles. The molecule has 1 aromatic rings. The summed E-state index contributed by atoms with van der Waals surface area (Å²) in [6.07, 6.45) is 8.13. The number of thioether (sulfide) groups is 1. The van der Waals surface area contributed by atoms with Crippen LogP contribution < -0.4 is 4.90 Å². The maximum Gasteiger partial charge on any atom is 0.0364 e. The summed E-state index contributed by atoms with van der Waals surface area (Å²) in [5, 5.41) is 0. The molecule has 0 saturated carbocycles. The first-order valence-corrected chi connectivity index (χ1v) is 8.08. The van der Waals surface area contributed by atoms with Crippen LogP contribution in [0.2, 0.25) is 0 Å². The zero-order valence-electron chi connectivity index (χ0n) is 13.1. The molecule has 0 heterocycles. The van der Waals surface area contributed by atoms with Gasteiger partial charge in [-0.15, -0.1) is 11.8 Å². The van der Waals surface area contributed by atoms with E-state index in [1.54, 1.807) is 11.8 Å². The van der Waals surface area contributed by atoms with Crippen LogP contribution in [0.4, 0.5) is 5.69 Å². The van der Waals surface area contributed by atoms with Gasteiger partial charge in [-0.05, 0) is 42.9 Å². The van der Waals surface area contributed by atoms with Crippen molar-refractivity contribution in [3.63, 3.8) is 0 Å². The van der Waals surface area contributed by atoms with Crippen molar-refractivity contribution in [3.8, 4) is 0 Å². The van der Waals surface area contributed by atoms with Crippen LogP contribution in [-0.2, 0) is 6.42 Å². The average molecular weight is 287 g/mol. The lowest BCUT2D eigenvalue weighted by Crippen LogP contribution is -2.09. The Balaban J connectivity index is 2.89. The molecule has 1 nitrogen and oxygen atoms in total. The maximum atomic E-state index is 4.16. The summed E-state index contributed by atoms with van der Waals surface area (Å²) in [6.45, 7) is 10.3. The fourth-order valence-electron chi connectivity index (χ4n) is 1.84. The van der Waals surface area contributed by atoms with Crippen LogP contribution in [0.1, 0.15) is 18.9 Å². The Kier molecular flexibility index (Phi) is 6.66. The minimum Gasteiger partial charge on any atom is -0.378 e. The highest BCUT2D eigenvalue weighted by Gasteiger charge is 2.05. The van der Waals surface area contributed by atoms with Crippen LogP contribution in [0.15, 0.2) is 59.6 Å².